The average molecular weight is 334 g/mol. The van der Waals surface area contributed by atoms with E-state index in [4.69, 9.17) is 4.74 Å². The zero-order chi connectivity index (χ0) is 18.5. The van der Waals surface area contributed by atoms with Gasteiger partial charge in [0.15, 0.2) is 0 Å². The summed E-state index contributed by atoms with van der Waals surface area (Å²) in [6, 6.07) is 7.95. The molecule has 0 aliphatic heterocycles. The van der Waals surface area contributed by atoms with Crippen molar-refractivity contribution in [1.82, 2.24) is 5.32 Å². The molecule has 1 N–H and O–H groups in total. The van der Waals surface area contributed by atoms with Gasteiger partial charge >= 0.3 is 6.09 Å². The number of ether oxygens (including phenoxy) is 1. The summed E-state index contributed by atoms with van der Waals surface area (Å²) in [5.41, 5.74) is 1.56. The second kappa shape index (κ2) is 7.69. The van der Waals surface area contributed by atoms with Crippen molar-refractivity contribution in [3.05, 3.63) is 29.8 Å². The first-order chi connectivity index (χ1) is 10.9. The Morgan fingerprint density at radius 2 is 1.58 bits per heavy atom. The van der Waals surface area contributed by atoms with Gasteiger partial charge in [-0.3, -0.25) is 4.79 Å². The van der Waals surface area contributed by atoms with Gasteiger partial charge in [-0.1, -0.05) is 32.9 Å². The van der Waals surface area contributed by atoms with E-state index in [9.17, 15) is 9.59 Å². The van der Waals surface area contributed by atoms with Gasteiger partial charge in [0.2, 0.25) is 5.91 Å². The standard InChI is InChI=1S/C19H30N2O3/c1-14(22)21(13-12-20-17(23)24-19(5,6)7)16-10-8-15(9-11-16)18(2,3)4/h8-11H,12-13H2,1-7H3,(H,20,23). The Kier molecular flexibility index (Phi) is 6.41. The van der Waals surface area contributed by atoms with Crippen LogP contribution in [0.1, 0.15) is 54.0 Å². The molecule has 0 aromatic heterocycles. The van der Waals surface area contributed by atoms with Crippen LogP contribution in [0.2, 0.25) is 0 Å². The predicted molar refractivity (Wildman–Crippen MR) is 97.4 cm³/mol. The fourth-order valence-electron chi connectivity index (χ4n) is 2.19. The number of hydrogen-bond acceptors (Lipinski definition) is 3. The number of hydrogen-bond donors (Lipinski definition) is 1. The van der Waals surface area contributed by atoms with E-state index in [0.29, 0.717) is 13.1 Å². The number of nitrogens with one attached hydrogen (secondary N) is 1. The fraction of sp³-hybridized carbons (Fsp3) is 0.579. The minimum Gasteiger partial charge on any atom is -0.444 e. The highest BCUT2D eigenvalue weighted by molar-refractivity contribution is 5.91. The van der Waals surface area contributed by atoms with Gasteiger partial charge in [0.05, 0.1) is 0 Å². The van der Waals surface area contributed by atoms with Gasteiger partial charge in [-0.15, -0.1) is 0 Å². The molecule has 0 aliphatic rings. The number of carbonyl (C=O) groups excluding carboxylic acids is 2. The molecule has 0 heterocycles. The predicted octanol–water partition coefficient (Wildman–Crippen LogP) is 3.86. The van der Waals surface area contributed by atoms with E-state index < -0.39 is 11.7 Å². The molecule has 0 spiro atoms. The van der Waals surface area contributed by atoms with Crippen molar-refractivity contribution >= 4 is 17.7 Å². The second-order valence-electron chi connectivity index (χ2n) is 7.90. The molecule has 0 unspecified atom stereocenters. The van der Waals surface area contributed by atoms with Crippen molar-refractivity contribution in [1.29, 1.82) is 0 Å². The molecule has 5 heteroatoms. The Morgan fingerprint density at radius 1 is 1.04 bits per heavy atom. The average Bonchev–Trinajstić information content (AvgIpc) is 2.40. The van der Waals surface area contributed by atoms with Crippen LogP contribution in [-0.2, 0) is 14.9 Å². The van der Waals surface area contributed by atoms with E-state index in [1.807, 2.05) is 45.0 Å². The van der Waals surface area contributed by atoms with Crippen LogP contribution in [0.3, 0.4) is 0 Å². The maximum atomic E-state index is 11.9. The van der Waals surface area contributed by atoms with Crippen LogP contribution in [0.4, 0.5) is 10.5 Å². The van der Waals surface area contributed by atoms with Crippen LogP contribution >= 0.6 is 0 Å². The molecule has 134 valence electrons. The Labute approximate surface area is 145 Å². The highest BCUT2D eigenvalue weighted by Gasteiger charge is 2.18. The first kappa shape index (κ1) is 20.0. The molecule has 1 aromatic carbocycles. The maximum absolute atomic E-state index is 11.9. The lowest BCUT2D eigenvalue weighted by molar-refractivity contribution is -0.116. The van der Waals surface area contributed by atoms with E-state index in [1.165, 1.54) is 12.5 Å². The van der Waals surface area contributed by atoms with E-state index in [2.05, 4.69) is 26.1 Å². The summed E-state index contributed by atoms with van der Waals surface area (Å²) < 4.78 is 5.19. The van der Waals surface area contributed by atoms with Crippen molar-refractivity contribution in [3.8, 4) is 0 Å². The molecule has 1 rings (SSSR count). The Morgan fingerprint density at radius 3 is 2.00 bits per heavy atom. The highest BCUT2D eigenvalue weighted by Crippen LogP contribution is 2.24. The van der Waals surface area contributed by atoms with Crippen LogP contribution in [-0.4, -0.2) is 30.7 Å². The monoisotopic (exact) mass is 334 g/mol. The summed E-state index contributed by atoms with van der Waals surface area (Å²) in [4.78, 5) is 25.2. The molecule has 0 fully saturated rings. The van der Waals surface area contributed by atoms with Crippen LogP contribution in [0.15, 0.2) is 24.3 Å². The summed E-state index contributed by atoms with van der Waals surface area (Å²) >= 11 is 0. The number of anilines is 1. The summed E-state index contributed by atoms with van der Waals surface area (Å²) in [5.74, 6) is -0.0653. The molecule has 0 atom stereocenters. The van der Waals surface area contributed by atoms with E-state index in [0.717, 1.165) is 5.69 Å². The Hall–Kier alpha value is -2.04. The lowest BCUT2D eigenvalue weighted by atomic mass is 9.87. The molecule has 0 aliphatic carbocycles. The molecule has 1 aromatic rings. The SMILES string of the molecule is CC(=O)N(CCNC(=O)OC(C)(C)C)c1ccc(C(C)(C)C)cc1. The van der Waals surface area contributed by atoms with Crippen molar-refractivity contribution < 1.29 is 14.3 Å². The minimum absolute atomic E-state index is 0.0653. The summed E-state index contributed by atoms with van der Waals surface area (Å²) in [7, 11) is 0. The molecule has 5 nitrogen and oxygen atoms in total. The van der Waals surface area contributed by atoms with E-state index in [1.54, 1.807) is 4.90 Å². The first-order valence-electron chi connectivity index (χ1n) is 8.25. The summed E-state index contributed by atoms with van der Waals surface area (Å²) in [6.45, 7) is 14.1. The second-order valence-corrected chi connectivity index (χ2v) is 7.90. The van der Waals surface area contributed by atoms with Gasteiger partial charge in [0.25, 0.3) is 0 Å². The molecule has 0 bridgehead atoms. The fourth-order valence-corrected chi connectivity index (χ4v) is 2.19. The van der Waals surface area contributed by atoms with Crippen molar-refractivity contribution in [2.24, 2.45) is 0 Å². The molecule has 2 amide bonds. The highest BCUT2D eigenvalue weighted by atomic mass is 16.6. The van der Waals surface area contributed by atoms with E-state index >= 15 is 0 Å². The van der Waals surface area contributed by atoms with Crippen molar-refractivity contribution in [2.75, 3.05) is 18.0 Å². The lowest BCUT2D eigenvalue weighted by Gasteiger charge is -2.24. The van der Waals surface area contributed by atoms with Crippen LogP contribution in [0.25, 0.3) is 0 Å². The number of alkyl carbamates (subject to hydrolysis) is 1. The third-order valence-corrected chi connectivity index (χ3v) is 3.43. The normalized spacial score (nSPS) is 11.8. The summed E-state index contributed by atoms with van der Waals surface area (Å²) in [6.07, 6.45) is -0.478. The zero-order valence-corrected chi connectivity index (χ0v) is 15.9. The Balaban J connectivity index is 2.68. The van der Waals surface area contributed by atoms with Gasteiger partial charge in [-0.25, -0.2) is 4.79 Å². The number of amides is 2. The van der Waals surface area contributed by atoms with Gasteiger partial charge in [-0.05, 0) is 43.9 Å². The topological polar surface area (TPSA) is 58.6 Å². The van der Waals surface area contributed by atoms with Crippen molar-refractivity contribution in [3.63, 3.8) is 0 Å². The number of benzene rings is 1. The van der Waals surface area contributed by atoms with Gasteiger partial charge in [-0.2, -0.15) is 0 Å². The number of rotatable bonds is 4. The molecular formula is C19H30N2O3. The largest absolute Gasteiger partial charge is 0.444 e. The Bertz CT molecular complexity index is 566. The number of nitrogens with zero attached hydrogens (tertiary/aromatic N) is 1. The zero-order valence-electron chi connectivity index (χ0n) is 15.9. The van der Waals surface area contributed by atoms with E-state index in [-0.39, 0.29) is 11.3 Å². The lowest BCUT2D eigenvalue weighted by Crippen LogP contribution is -2.39. The van der Waals surface area contributed by atoms with Gasteiger partial charge in [0.1, 0.15) is 5.60 Å². The third kappa shape index (κ3) is 6.60. The van der Waals surface area contributed by atoms with Crippen molar-refractivity contribution in [2.45, 2.75) is 59.5 Å². The van der Waals surface area contributed by atoms with Crippen LogP contribution in [0.5, 0.6) is 0 Å². The molecule has 0 saturated heterocycles. The molecule has 24 heavy (non-hydrogen) atoms. The molecule has 0 radical (unpaired) electrons. The van der Waals surface area contributed by atoms with Gasteiger partial charge < -0.3 is 15.0 Å². The first-order valence-corrected chi connectivity index (χ1v) is 8.25. The minimum atomic E-state index is -0.535. The quantitative estimate of drug-likeness (QED) is 0.909. The van der Waals surface area contributed by atoms with Crippen LogP contribution < -0.4 is 10.2 Å². The van der Waals surface area contributed by atoms with Gasteiger partial charge in [0, 0.05) is 25.7 Å². The number of carbonyl (C=O) groups is 2. The smallest absolute Gasteiger partial charge is 0.407 e. The summed E-state index contributed by atoms with van der Waals surface area (Å²) in [5, 5.41) is 2.67. The molecular weight excluding hydrogens is 304 g/mol. The maximum Gasteiger partial charge on any atom is 0.407 e. The molecule has 0 saturated carbocycles. The van der Waals surface area contributed by atoms with Crippen LogP contribution in [0, 0.1) is 0 Å². The third-order valence-electron chi connectivity index (χ3n) is 3.43.